The minimum atomic E-state index is -0.529. The Balaban J connectivity index is 2.06. The van der Waals surface area contributed by atoms with Gasteiger partial charge in [0, 0.05) is 4.47 Å². The van der Waals surface area contributed by atoms with Crippen LogP contribution in [-0.4, -0.2) is 18.2 Å². The van der Waals surface area contributed by atoms with Gasteiger partial charge in [-0.1, -0.05) is 46.3 Å². The molecule has 0 aliphatic carbocycles. The second-order valence-electron chi connectivity index (χ2n) is 6.35. The molecule has 0 radical (unpaired) electrons. The molecule has 0 saturated heterocycles. The molecule has 2 aromatic carbocycles. The quantitative estimate of drug-likeness (QED) is 0.771. The van der Waals surface area contributed by atoms with E-state index in [2.05, 4.69) is 21.2 Å². The zero-order valence-electron chi connectivity index (χ0n) is 14.1. The lowest BCUT2D eigenvalue weighted by molar-refractivity contribution is 0.0500. The van der Waals surface area contributed by atoms with E-state index in [-0.39, 0.29) is 6.10 Å². The lowest BCUT2D eigenvalue weighted by Crippen LogP contribution is -2.35. The van der Waals surface area contributed by atoms with Crippen molar-refractivity contribution in [2.45, 2.75) is 32.5 Å². The minimum absolute atomic E-state index is 0.306. The van der Waals surface area contributed by atoms with Crippen LogP contribution in [0.3, 0.4) is 0 Å². The normalized spacial score (nSPS) is 12.3. The average molecular weight is 392 g/mol. The highest BCUT2D eigenvalue weighted by atomic mass is 79.9. The molecule has 0 spiro atoms. The first-order chi connectivity index (χ1) is 11.3. The molecule has 24 heavy (non-hydrogen) atoms. The standard InChI is InChI=1S/C19H22BrNO3/c1-19(2,3)24-18(22)21-13-17(14-7-5-4-6-8-14)23-16-11-9-15(20)10-12-16/h4-12,17H,13H2,1-3H3,(H,21,22). The molecular weight excluding hydrogens is 370 g/mol. The van der Waals surface area contributed by atoms with E-state index in [1.165, 1.54) is 0 Å². The van der Waals surface area contributed by atoms with Gasteiger partial charge in [0.2, 0.25) is 0 Å². The number of rotatable bonds is 5. The SMILES string of the molecule is CC(C)(C)OC(=O)NCC(Oc1ccc(Br)cc1)c1ccccc1. The number of hydrogen-bond donors (Lipinski definition) is 1. The molecule has 5 heteroatoms. The number of alkyl carbamates (subject to hydrolysis) is 1. The third-order valence-electron chi connectivity index (χ3n) is 3.09. The summed E-state index contributed by atoms with van der Waals surface area (Å²) in [5.74, 6) is 0.734. The lowest BCUT2D eigenvalue weighted by Gasteiger charge is -2.23. The van der Waals surface area contributed by atoms with Crippen LogP contribution in [0.1, 0.15) is 32.4 Å². The third-order valence-corrected chi connectivity index (χ3v) is 3.62. The third kappa shape index (κ3) is 6.24. The summed E-state index contributed by atoms with van der Waals surface area (Å²) >= 11 is 3.41. The fraction of sp³-hybridized carbons (Fsp3) is 0.316. The Bertz CT molecular complexity index is 651. The number of ether oxygens (including phenoxy) is 2. The second-order valence-corrected chi connectivity index (χ2v) is 7.27. The van der Waals surface area contributed by atoms with Gasteiger partial charge in [0.15, 0.2) is 0 Å². The summed E-state index contributed by atoms with van der Waals surface area (Å²) < 4.78 is 12.3. The summed E-state index contributed by atoms with van der Waals surface area (Å²) in [7, 11) is 0. The van der Waals surface area contributed by atoms with Crippen molar-refractivity contribution in [2.75, 3.05) is 6.54 Å². The van der Waals surface area contributed by atoms with Gasteiger partial charge in [0.25, 0.3) is 0 Å². The van der Waals surface area contributed by atoms with E-state index in [0.717, 1.165) is 15.8 Å². The topological polar surface area (TPSA) is 47.6 Å². The summed E-state index contributed by atoms with van der Waals surface area (Å²) in [6.07, 6.45) is -0.761. The fourth-order valence-corrected chi connectivity index (χ4v) is 2.33. The zero-order valence-corrected chi connectivity index (χ0v) is 15.7. The van der Waals surface area contributed by atoms with Crippen LogP contribution in [-0.2, 0) is 4.74 Å². The van der Waals surface area contributed by atoms with Gasteiger partial charge in [-0.05, 0) is 50.6 Å². The van der Waals surface area contributed by atoms with E-state index in [9.17, 15) is 4.79 Å². The molecule has 0 aromatic heterocycles. The summed E-state index contributed by atoms with van der Waals surface area (Å²) in [5.41, 5.74) is 0.454. The molecule has 0 aliphatic heterocycles. The molecule has 0 fully saturated rings. The average Bonchev–Trinajstić information content (AvgIpc) is 2.52. The molecule has 0 aliphatic rings. The number of nitrogens with one attached hydrogen (secondary N) is 1. The summed E-state index contributed by atoms with van der Waals surface area (Å²) in [6, 6.07) is 17.4. The van der Waals surface area contributed by atoms with Crippen molar-refractivity contribution < 1.29 is 14.3 Å². The Labute approximate surface area is 151 Å². The van der Waals surface area contributed by atoms with Crippen molar-refractivity contribution in [2.24, 2.45) is 0 Å². The Morgan fingerprint density at radius 2 is 1.71 bits per heavy atom. The van der Waals surface area contributed by atoms with Gasteiger partial charge in [-0.3, -0.25) is 0 Å². The van der Waals surface area contributed by atoms with Crippen LogP contribution in [0.5, 0.6) is 5.75 Å². The van der Waals surface area contributed by atoms with Gasteiger partial charge >= 0.3 is 6.09 Å². The van der Waals surface area contributed by atoms with Crippen molar-refractivity contribution in [3.05, 3.63) is 64.6 Å². The van der Waals surface area contributed by atoms with Crippen molar-refractivity contribution in [1.82, 2.24) is 5.32 Å². The molecular formula is C19H22BrNO3. The molecule has 0 bridgehead atoms. The highest BCUT2D eigenvalue weighted by Gasteiger charge is 2.19. The number of carbonyl (C=O) groups excluding carboxylic acids is 1. The van der Waals surface area contributed by atoms with Crippen LogP contribution >= 0.6 is 15.9 Å². The molecule has 2 rings (SSSR count). The van der Waals surface area contributed by atoms with Gasteiger partial charge < -0.3 is 14.8 Å². The molecule has 0 saturated carbocycles. The van der Waals surface area contributed by atoms with E-state index >= 15 is 0 Å². The van der Waals surface area contributed by atoms with Crippen LogP contribution < -0.4 is 10.1 Å². The Kier molecular flexibility index (Phi) is 6.26. The number of halogens is 1. The number of hydrogen-bond acceptors (Lipinski definition) is 3. The Hall–Kier alpha value is -2.01. The molecule has 1 amide bonds. The van der Waals surface area contributed by atoms with Gasteiger partial charge in [-0.2, -0.15) is 0 Å². The predicted octanol–water partition coefficient (Wildman–Crippen LogP) is 5.09. The summed E-state index contributed by atoms with van der Waals surface area (Å²) in [5, 5.41) is 2.77. The number of amides is 1. The maximum atomic E-state index is 11.9. The predicted molar refractivity (Wildman–Crippen MR) is 98.2 cm³/mol. The maximum absolute atomic E-state index is 11.9. The maximum Gasteiger partial charge on any atom is 0.407 e. The minimum Gasteiger partial charge on any atom is -0.484 e. The van der Waals surface area contributed by atoms with Gasteiger partial charge in [0.05, 0.1) is 6.54 Å². The number of benzene rings is 2. The van der Waals surface area contributed by atoms with E-state index in [4.69, 9.17) is 9.47 Å². The fourth-order valence-electron chi connectivity index (χ4n) is 2.06. The summed E-state index contributed by atoms with van der Waals surface area (Å²) in [4.78, 5) is 11.9. The van der Waals surface area contributed by atoms with Crippen LogP contribution in [0, 0.1) is 0 Å². The summed E-state index contributed by atoms with van der Waals surface area (Å²) in [6.45, 7) is 5.81. The molecule has 2 aromatic rings. The lowest BCUT2D eigenvalue weighted by atomic mass is 10.1. The molecule has 1 atom stereocenters. The first-order valence-electron chi connectivity index (χ1n) is 7.77. The van der Waals surface area contributed by atoms with E-state index < -0.39 is 11.7 Å². The van der Waals surface area contributed by atoms with E-state index in [1.54, 1.807) is 0 Å². The first-order valence-corrected chi connectivity index (χ1v) is 8.57. The van der Waals surface area contributed by atoms with E-state index in [1.807, 2.05) is 75.4 Å². The Morgan fingerprint density at radius 1 is 1.08 bits per heavy atom. The first kappa shape index (κ1) is 18.3. The second kappa shape index (κ2) is 8.20. The van der Waals surface area contributed by atoms with Gasteiger partial charge in [0.1, 0.15) is 17.5 Å². The van der Waals surface area contributed by atoms with Crippen molar-refractivity contribution >= 4 is 22.0 Å². The molecule has 0 heterocycles. The number of carbonyl (C=O) groups is 1. The smallest absolute Gasteiger partial charge is 0.407 e. The molecule has 1 unspecified atom stereocenters. The molecule has 4 nitrogen and oxygen atoms in total. The van der Waals surface area contributed by atoms with Crippen molar-refractivity contribution in [1.29, 1.82) is 0 Å². The van der Waals surface area contributed by atoms with Crippen LogP contribution in [0.25, 0.3) is 0 Å². The van der Waals surface area contributed by atoms with E-state index in [0.29, 0.717) is 6.54 Å². The monoisotopic (exact) mass is 391 g/mol. The van der Waals surface area contributed by atoms with Crippen LogP contribution in [0.15, 0.2) is 59.1 Å². The van der Waals surface area contributed by atoms with Crippen molar-refractivity contribution in [3.63, 3.8) is 0 Å². The Morgan fingerprint density at radius 3 is 2.29 bits per heavy atom. The highest BCUT2D eigenvalue weighted by molar-refractivity contribution is 9.10. The molecule has 128 valence electrons. The van der Waals surface area contributed by atoms with Crippen LogP contribution in [0.2, 0.25) is 0 Å². The van der Waals surface area contributed by atoms with Crippen molar-refractivity contribution in [3.8, 4) is 5.75 Å². The highest BCUT2D eigenvalue weighted by Crippen LogP contribution is 2.23. The van der Waals surface area contributed by atoms with Gasteiger partial charge in [-0.15, -0.1) is 0 Å². The molecule has 1 N–H and O–H groups in total. The zero-order chi connectivity index (χ0) is 17.6. The van der Waals surface area contributed by atoms with Gasteiger partial charge in [-0.25, -0.2) is 4.79 Å². The van der Waals surface area contributed by atoms with Crippen LogP contribution in [0.4, 0.5) is 4.79 Å². The largest absolute Gasteiger partial charge is 0.484 e.